The zero-order valence-corrected chi connectivity index (χ0v) is 6.53. The molecule has 60 valence electrons. The third kappa shape index (κ3) is 0.887. The Balaban J connectivity index is 3.01. The summed E-state index contributed by atoms with van der Waals surface area (Å²) in [6, 6.07) is 0. The van der Waals surface area contributed by atoms with Crippen LogP contribution in [0.25, 0.3) is 11.0 Å². The molecule has 0 aromatic carbocycles. The number of nitrogens with one attached hydrogen (secondary N) is 1. The fourth-order valence-electron chi connectivity index (χ4n) is 1.07. The Morgan fingerprint density at radius 2 is 2.33 bits per heavy atom. The highest BCUT2D eigenvalue weighted by Gasteiger charge is 2.00. The minimum absolute atomic E-state index is 0.00986. The molecule has 12 heavy (non-hydrogen) atoms. The largest absolute Gasteiger partial charge is 0.346 e. The average Bonchev–Trinajstić information content (AvgIpc) is 2.12. The van der Waals surface area contributed by atoms with Gasteiger partial charge in [-0.25, -0.2) is 9.97 Å². The van der Waals surface area contributed by atoms with Crippen molar-refractivity contribution in [2.75, 3.05) is 0 Å². The number of rotatable bonds is 0. The molecule has 2 rings (SSSR count). The van der Waals surface area contributed by atoms with Gasteiger partial charge < -0.3 is 4.98 Å². The molecule has 0 aliphatic rings. The maximum absolute atomic E-state index is 11.4. The Morgan fingerprint density at radius 1 is 1.50 bits per heavy atom. The first-order valence-corrected chi connectivity index (χ1v) is 3.57. The number of nitrogens with zero attached hydrogens (tertiary/aromatic N) is 2. The summed E-state index contributed by atoms with van der Waals surface area (Å²) < 4.78 is 0. The Kier molecular flexibility index (Phi) is 1.40. The predicted molar refractivity (Wildman–Crippen MR) is 44.9 cm³/mol. The van der Waals surface area contributed by atoms with Crippen molar-refractivity contribution in [3.63, 3.8) is 0 Å². The lowest BCUT2D eigenvalue weighted by atomic mass is 10.2. The van der Waals surface area contributed by atoms with E-state index in [1.807, 2.05) is 0 Å². The zero-order chi connectivity index (χ0) is 8.55. The van der Waals surface area contributed by atoms with Crippen LogP contribution in [0.3, 0.4) is 0 Å². The van der Waals surface area contributed by atoms with Gasteiger partial charge in [-0.15, -0.1) is 0 Å². The molecule has 0 saturated heterocycles. The van der Waals surface area contributed by atoms with Gasteiger partial charge in [0, 0.05) is 18.0 Å². The first-order chi connectivity index (χ1) is 5.79. The van der Waals surface area contributed by atoms with Crippen molar-refractivity contribution >= 4 is 11.0 Å². The van der Waals surface area contributed by atoms with E-state index in [2.05, 4.69) is 15.0 Å². The average molecular weight is 161 g/mol. The Bertz CT molecular complexity index is 475. The van der Waals surface area contributed by atoms with Gasteiger partial charge in [-0.2, -0.15) is 0 Å². The summed E-state index contributed by atoms with van der Waals surface area (Å²) in [5.74, 6) is 0. The molecule has 4 heteroatoms. The highest BCUT2D eigenvalue weighted by molar-refractivity contribution is 5.73. The number of fused-ring (bicyclic) bond motifs is 1. The SMILES string of the molecule is Cc1c[nH]c2ncncc2c1=O. The molecular weight excluding hydrogens is 154 g/mol. The molecular formula is C8H7N3O. The van der Waals surface area contributed by atoms with E-state index in [1.165, 1.54) is 12.5 Å². The van der Waals surface area contributed by atoms with Gasteiger partial charge in [0.15, 0.2) is 5.43 Å². The van der Waals surface area contributed by atoms with Gasteiger partial charge in [0.05, 0.1) is 5.39 Å². The van der Waals surface area contributed by atoms with E-state index in [0.29, 0.717) is 16.6 Å². The third-order valence-electron chi connectivity index (χ3n) is 1.74. The summed E-state index contributed by atoms with van der Waals surface area (Å²) in [5, 5.41) is 0.539. The fraction of sp³-hybridized carbons (Fsp3) is 0.125. The van der Waals surface area contributed by atoms with Crippen LogP contribution in [0.15, 0.2) is 23.5 Å². The number of hydrogen-bond acceptors (Lipinski definition) is 3. The van der Waals surface area contributed by atoms with Gasteiger partial charge in [-0.1, -0.05) is 0 Å². The summed E-state index contributed by atoms with van der Waals surface area (Å²) in [4.78, 5) is 22.0. The minimum atomic E-state index is -0.00986. The molecule has 0 aliphatic heterocycles. The van der Waals surface area contributed by atoms with Gasteiger partial charge in [0.1, 0.15) is 12.0 Å². The number of pyridine rings is 1. The highest BCUT2D eigenvalue weighted by Crippen LogP contribution is 2.00. The number of aryl methyl sites for hydroxylation is 1. The molecule has 0 unspecified atom stereocenters. The van der Waals surface area contributed by atoms with Crippen molar-refractivity contribution in [3.8, 4) is 0 Å². The molecule has 1 N–H and O–H groups in total. The molecule has 0 atom stereocenters. The van der Waals surface area contributed by atoms with Crippen molar-refractivity contribution in [2.45, 2.75) is 6.92 Å². The first-order valence-electron chi connectivity index (χ1n) is 3.57. The lowest BCUT2D eigenvalue weighted by Crippen LogP contribution is -2.07. The standard InChI is InChI=1S/C8H7N3O/c1-5-2-10-8-6(7(5)12)3-9-4-11-8/h2-4H,1H3,(H,9,10,11,12). The van der Waals surface area contributed by atoms with Crippen LogP contribution >= 0.6 is 0 Å². The van der Waals surface area contributed by atoms with E-state index in [4.69, 9.17) is 0 Å². The summed E-state index contributed by atoms with van der Waals surface area (Å²) in [5.41, 5.74) is 1.25. The molecule has 4 nitrogen and oxygen atoms in total. The smallest absolute Gasteiger partial charge is 0.195 e. The Hall–Kier alpha value is -1.71. The topological polar surface area (TPSA) is 58.6 Å². The molecule has 2 heterocycles. The summed E-state index contributed by atoms with van der Waals surface area (Å²) >= 11 is 0. The monoisotopic (exact) mass is 161 g/mol. The van der Waals surface area contributed by atoms with E-state index in [1.54, 1.807) is 13.1 Å². The van der Waals surface area contributed by atoms with Crippen molar-refractivity contribution in [1.82, 2.24) is 15.0 Å². The van der Waals surface area contributed by atoms with Crippen LogP contribution in [0.5, 0.6) is 0 Å². The molecule has 0 amide bonds. The normalized spacial score (nSPS) is 10.4. The maximum atomic E-state index is 11.4. The van der Waals surface area contributed by atoms with Gasteiger partial charge in [0.25, 0.3) is 0 Å². The number of H-pyrrole nitrogens is 1. The molecule has 0 spiro atoms. The molecule has 0 aliphatic carbocycles. The van der Waals surface area contributed by atoms with Gasteiger partial charge in [0.2, 0.25) is 0 Å². The van der Waals surface area contributed by atoms with E-state index >= 15 is 0 Å². The summed E-state index contributed by atoms with van der Waals surface area (Å²) in [6.45, 7) is 1.76. The second-order valence-corrected chi connectivity index (χ2v) is 2.59. The van der Waals surface area contributed by atoms with E-state index in [-0.39, 0.29) is 5.43 Å². The molecule has 0 fully saturated rings. The van der Waals surface area contributed by atoms with E-state index < -0.39 is 0 Å². The molecule has 2 aromatic rings. The van der Waals surface area contributed by atoms with E-state index in [9.17, 15) is 4.79 Å². The van der Waals surface area contributed by atoms with Crippen LogP contribution < -0.4 is 5.43 Å². The number of aromatic amines is 1. The van der Waals surface area contributed by atoms with Crippen molar-refractivity contribution in [3.05, 3.63) is 34.5 Å². The van der Waals surface area contributed by atoms with Crippen LogP contribution in [0.2, 0.25) is 0 Å². The van der Waals surface area contributed by atoms with Crippen molar-refractivity contribution in [2.24, 2.45) is 0 Å². The van der Waals surface area contributed by atoms with Crippen molar-refractivity contribution < 1.29 is 0 Å². The summed E-state index contributed by atoms with van der Waals surface area (Å²) in [6.07, 6.45) is 4.58. The second kappa shape index (κ2) is 2.41. The van der Waals surface area contributed by atoms with Crippen LogP contribution in [0.4, 0.5) is 0 Å². The van der Waals surface area contributed by atoms with Crippen LogP contribution in [-0.2, 0) is 0 Å². The first kappa shape index (κ1) is 6.97. The molecule has 0 saturated carbocycles. The predicted octanol–water partition coefficient (Wildman–Crippen LogP) is 0.627. The molecule has 0 radical (unpaired) electrons. The molecule has 0 bridgehead atoms. The van der Waals surface area contributed by atoms with E-state index in [0.717, 1.165) is 0 Å². The second-order valence-electron chi connectivity index (χ2n) is 2.59. The number of aromatic nitrogens is 3. The highest BCUT2D eigenvalue weighted by atomic mass is 16.1. The third-order valence-corrected chi connectivity index (χ3v) is 1.74. The molecule has 2 aromatic heterocycles. The lowest BCUT2D eigenvalue weighted by molar-refractivity contribution is 1.16. The van der Waals surface area contributed by atoms with Crippen LogP contribution in [0.1, 0.15) is 5.56 Å². The number of hydrogen-bond donors (Lipinski definition) is 1. The fourth-order valence-corrected chi connectivity index (χ4v) is 1.07. The minimum Gasteiger partial charge on any atom is -0.346 e. The Labute approximate surface area is 68.3 Å². The van der Waals surface area contributed by atoms with Crippen LogP contribution in [0, 0.1) is 6.92 Å². The van der Waals surface area contributed by atoms with Crippen LogP contribution in [-0.4, -0.2) is 15.0 Å². The van der Waals surface area contributed by atoms with Gasteiger partial charge in [-0.05, 0) is 6.92 Å². The maximum Gasteiger partial charge on any atom is 0.195 e. The Morgan fingerprint density at radius 3 is 3.17 bits per heavy atom. The zero-order valence-electron chi connectivity index (χ0n) is 6.53. The quantitative estimate of drug-likeness (QED) is 0.616. The van der Waals surface area contributed by atoms with Gasteiger partial charge >= 0.3 is 0 Å². The van der Waals surface area contributed by atoms with Crippen molar-refractivity contribution in [1.29, 1.82) is 0 Å². The lowest BCUT2D eigenvalue weighted by Gasteiger charge is -1.95. The summed E-state index contributed by atoms with van der Waals surface area (Å²) in [7, 11) is 0. The van der Waals surface area contributed by atoms with Gasteiger partial charge in [-0.3, -0.25) is 4.79 Å².